The maximum absolute atomic E-state index is 12.4. The molecule has 0 bridgehead atoms. The quantitative estimate of drug-likeness (QED) is 0.839. The largest absolute Gasteiger partial charge is 0.481 e. The zero-order valence-electron chi connectivity index (χ0n) is 13.8. The molecule has 1 heterocycles. The van der Waals surface area contributed by atoms with Crippen LogP contribution in [0.4, 0.5) is 0 Å². The smallest absolute Gasteiger partial charge is 0.305 e. The van der Waals surface area contributed by atoms with Gasteiger partial charge in [-0.2, -0.15) is 5.10 Å². The highest BCUT2D eigenvalue weighted by Gasteiger charge is 2.21. The molecule has 24 heavy (non-hydrogen) atoms. The molecule has 0 saturated carbocycles. The number of aromatic nitrogens is 2. The van der Waals surface area contributed by atoms with Crippen molar-refractivity contribution in [1.29, 1.82) is 0 Å². The molecule has 1 atom stereocenters. The lowest BCUT2D eigenvalue weighted by Crippen LogP contribution is -2.34. The normalized spacial score (nSPS) is 12.0. The van der Waals surface area contributed by atoms with E-state index in [0.29, 0.717) is 28.5 Å². The van der Waals surface area contributed by atoms with Gasteiger partial charge in [0, 0.05) is 16.8 Å². The number of benzene rings is 1. The van der Waals surface area contributed by atoms with Gasteiger partial charge >= 0.3 is 5.97 Å². The fourth-order valence-electron chi connectivity index (χ4n) is 2.58. The number of aliphatic carboxylic acids is 1. The number of carbonyl (C=O) groups excluding carboxylic acids is 1. The zero-order valence-corrected chi connectivity index (χ0v) is 14.6. The van der Waals surface area contributed by atoms with Gasteiger partial charge in [0.15, 0.2) is 0 Å². The van der Waals surface area contributed by atoms with E-state index in [1.165, 1.54) is 0 Å². The molecular weight excluding hydrogens is 330 g/mol. The van der Waals surface area contributed by atoms with Gasteiger partial charge in [0.1, 0.15) is 0 Å². The third-order valence-electron chi connectivity index (χ3n) is 3.74. The van der Waals surface area contributed by atoms with Crippen molar-refractivity contribution >= 4 is 23.5 Å². The molecular formula is C17H20ClN3O3. The summed E-state index contributed by atoms with van der Waals surface area (Å²) in [6, 6.07) is 7.02. The molecule has 1 aromatic carbocycles. The molecule has 128 valence electrons. The van der Waals surface area contributed by atoms with E-state index in [4.69, 9.17) is 16.7 Å². The van der Waals surface area contributed by atoms with Crippen LogP contribution in [0.25, 0.3) is 0 Å². The first-order valence-corrected chi connectivity index (χ1v) is 7.97. The van der Waals surface area contributed by atoms with Gasteiger partial charge < -0.3 is 10.4 Å². The average Bonchev–Trinajstić information content (AvgIpc) is 2.74. The Labute approximate surface area is 145 Å². The second-order valence-electron chi connectivity index (χ2n) is 5.77. The van der Waals surface area contributed by atoms with Gasteiger partial charge in [0.25, 0.3) is 5.91 Å². The Morgan fingerprint density at radius 1 is 1.33 bits per heavy atom. The Hall–Kier alpha value is -2.34. The molecule has 2 rings (SSSR count). The number of carboxylic acid groups (broad SMARTS) is 1. The molecule has 0 fully saturated rings. The molecule has 2 N–H and O–H groups in total. The first-order chi connectivity index (χ1) is 11.3. The number of hydrogen-bond acceptors (Lipinski definition) is 3. The van der Waals surface area contributed by atoms with Crippen molar-refractivity contribution < 1.29 is 14.7 Å². The van der Waals surface area contributed by atoms with E-state index in [2.05, 4.69) is 10.4 Å². The van der Waals surface area contributed by atoms with Crippen LogP contribution in [0.5, 0.6) is 0 Å². The molecule has 6 nitrogen and oxygen atoms in total. The van der Waals surface area contributed by atoms with Gasteiger partial charge in [-0.25, -0.2) is 0 Å². The Kier molecular flexibility index (Phi) is 5.62. The molecule has 7 heteroatoms. The van der Waals surface area contributed by atoms with E-state index < -0.39 is 12.0 Å². The van der Waals surface area contributed by atoms with Crippen LogP contribution in [-0.2, 0) is 11.3 Å². The van der Waals surface area contributed by atoms with Crippen molar-refractivity contribution in [2.24, 2.45) is 0 Å². The standard InChI is InChI=1S/C17H20ClN3O3/c1-10(8-15(22)23)19-17(24)16-11(2)20-21(12(16)3)9-13-6-4-5-7-14(13)18/h4-7,10H,8-9H2,1-3H3,(H,19,24)(H,22,23). The summed E-state index contributed by atoms with van der Waals surface area (Å²) in [5.41, 5.74) is 2.70. The van der Waals surface area contributed by atoms with Crippen molar-refractivity contribution in [2.75, 3.05) is 0 Å². The topological polar surface area (TPSA) is 84.2 Å². The lowest BCUT2D eigenvalue weighted by Gasteiger charge is -2.12. The summed E-state index contributed by atoms with van der Waals surface area (Å²) in [5, 5.41) is 16.6. The molecule has 1 amide bonds. The number of carboxylic acids is 1. The first kappa shape index (κ1) is 18.0. The number of hydrogen-bond donors (Lipinski definition) is 2. The molecule has 0 saturated heterocycles. The Balaban J connectivity index is 2.21. The summed E-state index contributed by atoms with van der Waals surface area (Å²) in [5.74, 6) is -1.27. The van der Waals surface area contributed by atoms with Crippen LogP contribution in [0.1, 0.15) is 40.7 Å². The molecule has 1 unspecified atom stereocenters. The molecule has 0 aliphatic rings. The Morgan fingerprint density at radius 3 is 2.62 bits per heavy atom. The van der Waals surface area contributed by atoms with Crippen molar-refractivity contribution in [3.8, 4) is 0 Å². The predicted octanol–water partition coefficient (Wildman–Crippen LogP) is 2.79. The first-order valence-electron chi connectivity index (χ1n) is 7.59. The summed E-state index contributed by atoms with van der Waals surface area (Å²) in [6.07, 6.45) is -0.127. The summed E-state index contributed by atoms with van der Waals surface area (Å²) in [6.45, 7) is 5.69. The highest BCUT2D eigenvalue weighted by Crippen LogP contribution is 2.19. The van der Waals surface area contributed by atoms with Crippen LogP contribution in [0.2, 0.25) is 5.02 Å². The molecule has 0 aliphatic carbocycles. The summed E-state index contributed by atoms with van der Waals surface area (Å²) >= 11 is 6.18. The monoisotopic (exact) mass is 349 g/mol. The fourth-order valence-corrected chi connectivity index (χ4v) is 2.77. The third-order valence-corrected chi connectivity index (χ3v) is 4.11. The molecule has 0 spiro atoms. The summed E-state index contributed by atoms with van der Waals surface area (Å²) < 4.78 is 1.73. The van der Waals surface area contributed by atoms with Gasteiger partial charge in [-0.1, -0.05) is 29.8 Å². The summed E-state index contributed by atoms with van der Waals surface area (Å²) in [7, 11) is 0. The number of aryl methyl sites for hydroxylation is 1. The van der Waals surface area contributed by atoms with E-state index in [9.17, 15) is 9.59 Å². The highest BCUT2D eigenvalue weighted by atomic mass is 35.5. The number of rotatable bonds is 6. The highest BCUT2D eigenvalue weighted by molar-refractivity contribution is 6.31. The Morgan fingerprint density at radius 2 is 2.00 bits per heavy atom. The van der Waals surface area contributed by atoms with Crippen LogP contribution in [-0.4, -0.2) is 32.8 Å². The number of nitrogens with one attached hydrogen (secondary N) is 1. The van der Waals surface area contributed by atoms with Crippen LogP contribution < -0.4 is 5.32 Å². The van der Waals surface area contributed by atoms with E-state index in [1.807, 2.05) is 31.2 Å². The maximum Gasteiger partial charge on any atom is 0.305 e. The molecule has 2 aromatic rings. The van der Waals surface area contributed by atoms with Crippen LogP contribution in [0.3, 0.4) is 0 Å². The lowest BCUT2D eigenvalue weighted by atomic mass is 10.1. The second-order valence-corrected chi connectivity index (χ2v) is 6.17. The van der Waals surface area contributed by atoms with Crippen LogP contribution in [0, 0.1) is 13.8 Å². The number of carbonyl (C=O) groups is 2. The minimum absolute atomic E-state index is 0.127. The second kappa shape index (κ2) is 7.49. The van der Waals surface area contributed by atoms with Crippen molar-refractivity contribution in [1.82, 2.24) is 15.1 Å². The van der Waals surface area contributed by atoms with Gasteiger partial charge in [0.2, 0.25) is 0 Å². The van der Waals surface area contributed by atoms with E-state index in [-0.39, 0.29) is 12.3 Å². The van der Waals surface area contributed by atoms with Gasteiger partial charge in [-0.15, -0.1) is 0 Å². The third kappa shape index (κ3) is 4.14. The van der Waals surface area contributed by atoms with Crippen LogP contribution >= 0.6 is 11.6 Å². The molecule has 1 aromatic heterocycles. The van der Waals surface area contributed by atoms with Crippen LogP contribution in [0.15, 0.2) is 24.3 Å². The minimum atomic E-state index is -0.953. The van der Waals surface area contributed by atoms with Crippen molar-refractivity contribution in [3.63, 3.8) is 0 Å². The molecule has 0 aliphatic heterocycles. The number of halogens is 1. The van der Waals surface area contributed by atoms with E-state index in [0.717, 1.165) is 5.56 Å². The van der Waals surface area contributed by atoms with E-state index >= 15 is 0 Å². The van der Waals surface area contributed by atoms with Gasteiger partial charge in [0.05, 0.1) is 24.2 Å². The zero-order chi connectivity index (χ0) is 17.9. The van der Waals surface area contributed by atoms with Crippen molar-refractivity contribution in [3.05, 3.63) is 51.8 Å². The SMILES string of the molecule is Cc1nn(Cc2ccccc2Cl)c(C)c1C(=O)NC(C)CC(=O)O. The Bertz CT molecular complexity index is 770. The molecule has 0 radical (unpaired) electrons. The predicted molar refractivity (Wildman–Crippen MR) is 91.4 cm³/mol. The van der Waals surface area contributed by atoms with Gasteiger partial charge in [-0.3, -0.25) is 14.3 Å². The lowest BCUT2D eigenvalue weighted by molar-refractivity contribution is -0.137. The minimum Gasteiger partial charge on any atom is -0.481 e. The van der Waals surface area contributed by atoms with E-state index in [1.54, 1.807) is 18.5 Å². The van der Waals surface area contributed by atoms with Gasteiger partial charge in [-0.05, 0) is 32.4 Å². The summed E-state index contributed by atoms with van der Waals surface area (Å²) in [4.78, 5) is 23.1. The number of amides is 1. The number of nitrogens with zero attached hydrogens (tertiary/aromatic N) is 2. The average molecular weight is 350 g/mol. The fraction of sp³-hybridized carbons (Fsp3) is 0.353. The maximum atomic E-state index is 12.4. The van der Waals surface area contributed by atoms with Crippen molar-refractivity contribution in [2.45, 2.75) is 39.8 Å².